The number of aromatic nitrogens is 4. The molecule has 6 nitrogen and oxygen atoms in total. The van der Waals surface area contributed by atoms with Crippen molar-refractivity contribution in [3.8, 4) is 0 Å². The molecule has 0 aliphatic heterocycles. The Balaban J connectivity index is 2.08. The molecule has 0 unspecified atom stereocenters. The third kappa shape index (κ3) is 2.75. The fraction of sp³-hybridized carbons (Fsp3) is 0.235. The lowest BCUT2D eigenvalue weighted by Crippen LogP contribution is -2.20. The van der Waals surface area contributed by atoms with Crippen LogP contribution in [0, 0.1) is 5.41 Å². The molecule has 0 saturated carbocycles. The molecule has 0 saturated heterocycles. The maximum atomic E-state index is 12.5. The molecule has 0 amide bonds. The first-order chi connectivity index (χ1) is 10.9. The number of carbonyl (C=O) groups is 2. The second-order valence-corrected chi connectivity index (χ2v) is 6.30. The zero-order chi connectivity index (χ0) is 16.6. The summed E-state index contributed by atoms with van der Waals surface area (Å²) >= 11 is 0. The van der Waals surface area contributed by atoms with E-state index in [0.717, 1.165) is 0 Å². The van der Waals surface area contributed by atoms with Gasteiger partial charge in [-0.15, -0.1) is 0 Å². The van der Waals surface area contributed by atoms with Gasteiger partial charge in [0.15, 0.2) is 11.4 Å². The number of hydrogen-bond acceptors (Lipinski definition) is 5. The smallest absolute Gasteiger partial charge is 0.214 e. The minimum Gasteiger partial charge on any atom is -0.344 e. The van der Waals surface area contributed by atoms with Gasteiger partial charge < -0.3 is 4.98 Å². The molecule has 0 atom stereocenters. The second-order valence-electron chi connectivity index (χ2n) is 6.30. The van der Waals surface area contributed by atoms with Gasteiger partial charge in [0.25, 0.3) is 0 Å². The number of rotatable bonds is 3. The van der Waals surface area contributed by atoms with Crippen LogP contribution in [-0.4, -0.2) is 31.5 Å². The SMILES string of the molecule is CC(C)(C)C(=O)c1c[nH]c2ncc(C(=O)c3cccnc3)nc12. The first kappa shape index (κ1) is 15.0. The van der Waals surface area contributed by atoms with Crippen LogP contribution < -0.4 is 0 Å². The molecular formula is C17H16N4O2. The Morgan fingerprint density at radius 1 is 1.17 bits per heavy atom. The molecule has 23 heavy (non-hydrogen) atoms. The summed E-state index contributed by atoms with van der Waals surface area (Å²) in [4.78, 5) is 40.4. The Morgan fingerprint density at radius 3 is 2.61 bits per heavy atom. The van der Waals surface area contributed by atoms with E-state index in [9.17, 15) is 9.59 Å². The quantitative estimate of drug-likeness (QED) is 0.752. The molecule has 1 N–H and O–H groups in total. The van der Waals surface area contributed by atoms with Gasteiger partial charge in [-0.2, -0.15) is 0 Å². The maximum Gasteiger partial charge on any atom is 0.214 e. The number of carbonyl (C=O) groups excluding carboxylic acids is 2. The summed E-state index contributed by atoms with van der Waals surface area (Å²) in [6, 6.07) is 3.35. The molecule has 0 aliphatic carbocycles. The van der Waals surface area contributed by atoms with E-state index < -0.39 is 5.41 Å². The van der Waals surface area contributed by atoms with Crippen molar-refractivity contribution in [1.82, 2.24) is 19.9 Å². The van der Waals surface area contributed by atoms with Crippen molar-refractivity contribution < 1.29 is 9.59 Å². The summed E-state index contributed by atoms with van der Waals surface area (Å²) < 4.78 is 0. The van der Waals surface area contributed by atoms with E-state index in [0.29, 0.717) is 22.3 Å². The fourth-order valence-corrected chi connectivity index (χ4v) is 2.22. The first-order valence-electron chi connectivity index (χ1n) is 7.21. The Bertz CT molecular complexity index is 892. The van der Waals surface area contributed by atoms with Gasteiger partial charge in [0.1, 0.15) is 11.2 Å². The van der Waals surface area contributed by atoms with Gasteiger partial charge in [0.2, 0.25) is 5.78 Å². The molecule has 0 radical (unpaired) electrons. The molecular weight excluding hydrogens is 292 g/mol. The van der Waals surface area contributed by atoms with Crippen LogP contribution in [0.25, 0.3) is 11.2 Å². The van der Waals surface area contributed by atoms with E-state index in [-0.39, 0.29) is 17.3 Å². The summed E-state index contributed by atoms with van der Waals surface area (Å²) in [6.45, 7) is 5.52. The average Bonchev–Trinajstić information content (AvgIpc) is 2.96. The van der Waals surface area contributed by atoms with Crippen LogP contribution >= 0.6 is 0 Å². The molecule has 3 rings (SSSR count). The Labute approximate surface area is 133 Å². The average molecular weight is 308 g/mol. The normalized spacial score (nSPS) is 11.6. The number of Topliss-reactive ketones (excluding diaryl/α,β-unsaturated/α-hetero) is 1. The summed E-state index contributed by atoms with van der Waals surface area (Å²) in [5.41, 5.74) is 1.43. The van der Waals surface area contributed by atoms with Crippen molar-refractivity contribution in [2.45, 2.75) is 20.8 Å². The molecule has 0 spiro atoms. The number of nitrogens with one attached hydrogen (secondary N) is 1. The molecule has 116 valence electrons. The summed E-state index contributed by atoms with van der Waals surface area (Å²) in [7, 11) is 0. The second kappa shape index (κ2) is 5.39. The van der Waals surface area contributed by atoms with Gasteiger partial charge in [-0.05, 0) is 12.1 Å². The van der Waals surface area contributed by atoms with E-state index in [4.69, 9.17) is 0 Å². The predicted octanol–water partition coefficient (Wildman–Crippen LogP) is 2.81. The van der Waals surface area contributed by atoms with Gasteiger partial charge >= 0.3 is 0 Å². The van der Waals surface area contributed by atoms with Crippen LogP contribution in [0.15, 0.2) is 36.9 Å². The minimum absolute atomic E-state index is 0.0518. The molecule has 0 bridgehead atoms. The van der Waals surface area contributed by atoms with Crippen molar-refractivity contribution in [2.75, 3.05) is 0 Å². The summed E-state index contributed by atoms with van der Waals surface area (Å²) in [6.07, 6.45) is 6.07. The van der Waals surface area contributed by atoms with Crippen LogP contribution in [0.3, 0.4) is 0 Å². The third-order valence-electron chi connectivity index (χ3n) is 3.46. The zero-order valence-corrected chi connectivity index (χ0v) is 13.1. The number of hydrogen-bond donors (Lipinski definition) is 1. The highest BCUT2D eigenvalue weighted by molar-refractivity contribution is 6.11. The van der Waals surface area contributed by atoms with Crippen molar-refractivity contribution in [3.05, 3.63) is 53.7 Å². The van der Waals surface area contributed by atoms with Crippen LogP contribution in [0.2, 0.25) is 0 Å². The van der Waals surface area contributed by atoms with Gasteiger partial charge in [-0.3, -0.25) is 14.6 Å². The minimum atomic E-state index is -0.542. The van der Waals surface area contributed by atoms with E-state index in [1.54, 1.807) is 24.5 Å². The van der Waals surface area contributed by atoms with Crippen molar-refractivity contribution in [1.29, 1.82) is 0 Å². The Morgan fingerprint density at radius 2 is 1.96 bits per heavy atom. The van der Waals surface area contributed by atoms with Crippen LogP contribution in [0.5, 0.6) is 0 Å². The first-order valence-corrected chi connectivity index (χ1v) is 7.21. The van der Waals surface area contributed by atoms with Gasteiger partial charge in [-0.1, -0.05) is 20.8 Å². The largest absolute Gasteiger partial charge is 0.344 e. The highest BCUT2D eigenvalue weighted by Gasteiger charge is 2.26. The molecule has 0 aliphatic rings. The zero-order valence-electron chi connectivity index (χ0n) is 13.1. The lowest BCUT2D eigenvalue weighted by molar-refractivity contribution is 0.0859. The van der Waals surface area contributed by atoms with E-state index in [1.165, 1.54) is 12.4 Å². The number of ketones is 2. The molecule has 3 aromatic rings. The summed E-state index contributed by atoms with van der Waals surface area (Å²) in [5, 5.41) is 0. The monoisotopic (exact) mass is 308 g/mol. The van der Waals surface area contributed by atoms with Crippen molar-refractivity contribution >= 4 is 22.7 Å². The van der Waals surface area contributed by atoms with E-state index in [1.807, 2.05) is 20.8 Å². The van der Waals surface area contributed by atoms with Crippen LogP contribution in [0.4, 0.5) is 0 Å². The standard InChI is InChI=1S/C17H16N4O2/c1-17(2,3)15(23)11-8-19-16-13(11)21-12(9-20-16)14(22)10-5-4-6-18-7-10/h4-9H,1-3H3,(H,19,20). The maximum absolute atomic E-state index is 12.5. The lowest BCUT2D eigenvalue weighted by atomic mass is 9.87. The van der Waals surface area contributed by atoms with E-state index >= 15 is 0 Å². The third-order valence-corrected chi connectivity index (χ3v) is 3.46. The van der Waals surface area contributed by atoms with Crippen LogP contribution in [-0.2, 0) is 0 Å². The highest BCUT2D eigenvalue weighted by Crippen LogP contribution is 2.25. The highest BCUT2D eigenvalue weighted by atomic mass is 16.1. The van der Waals surface area contributed by atoms with Crippen molar-refractivity contribution in [2.24, 2.45) is 5.41 Å². The topological polar surface area (TPSA) is 88.6 Å². The number of pyridine rings is 1. The van der Waals surface area contributed by atoms with Gasteiger partial charge in [0.05, 0.1) is 11.8 Å². The fourth-order valence-electron chi connectivity index (χ4n) is 2.22. The lowest BCUT2D eigenvalue weighted by Gasteiger charge is -2.15. The molecule has 0 aromatic carbocycles. The van der Waals surface area contributed by atoms with E-state index in [2.05, 4.69) is 19.9 Å². The molecule has 0 fully saturated rings. The molecule has 3 heterocycles. The number of nitrogens with zero attached hydrogens (tertiary/aromatic N) is 3. The molecule has 6 heteroatoms. The number of fused-ring (bicyclic) bond motifs is 1. The number of H-pyrrole nitrogens is 1. The molecule has 3 aromatic heterocycles. The van der Waals surface area contributed by atoms with Gasteiger partial charge in [-0.25, -0.2) is 9.97 Å². The van der Waals surface area contributed by atoms with Crippen molar-refractivity contribution in [3.63, 3.8) is 0 Å². The van der Waals surface area contributed by atoms with Gasteiger partial charge in [0, 0.05) is 29.6 Å². The number of aromatic amines is 1. The Hall–Kier alpha value is -2.89. The predicted molar refractivity (Wildman–Crippen MR) is 85.3 cm³/mol. The van der Waals surface area contributed by atoms with Crippen LogP contribution in [0.1, 0.15) is 47.2 Å². The Kier molecular flexibility index (Phi) is 3.52. The summed E-state index contributed by atoms with van der Waals surface area (Å²) in [5.74, 6) is -0.327.